The minimum Gasteiger partial charge on any atom is -0.388 e. The Kier molecular flexibility index (Phi) is 3.00. The Morgan fingerprint density at radius 2 is 1.75 bits per heavy atom. The standard InChI is InChI=1S/C12H17NO3/c13-9-11(5-7-16-8-6-11)12(15)3-1-10(14)2-4-12/h15H,1-8H2. The second kappa shape index (κ2) is 4.15. The Labute approximate surface area is 95.2 Å². The van der Waals surface area contributed by atoms with Crippen LogP contribution in [-0.4, -0.2) is 29.7 Å². The molecule has 0 unspecified atom stereocenters. The number of hydrogen-bond acceptors (Lipinski definition) is 4. The van der Waals surface area contributed by atoms with Gasteiger partial charge in [0.2, 0.25) is 0 Å². The third-order valence-electron chi connectivity index (χ3n) is 4.09. The first-order chi connectivity index (χ1) is 7.62. The summed E-state index contributed by atoms with van der Waals surface area (Å²) >= 11 is 0. The summed E-state index contributed by atoms with van der Waals surface area (Å²) in [5.74, 6) is 0.199. The van der Waals surface area contributed by atoms with Gasteiger partial charge in [0, 0.05) is 26.1 Å². The number of carbonyl (C=O) groups is 1. The molecule has 1 aliphatic carbocycles. The lowest BCUT2D eigenvalue weighted by Crippen LogP contribution is -2.52. The van der Waals surface area contributed by atoms with Crippen molar-refractivity contribution in [1.29, 1.82) is 5.26 Å². The normalized spacial score (nSPS) is 28.4. The lowest BCUT2D eigenvalue weighted by atomic mass is 9.62. The lowest BCUT2D eigenvalue weighted by molar-refractivity contribution is -0.142. The zero-order chi connectivity index (χ0) is 11.6. The van der Waals surface area contributed by atoms with Crippen LogP contribution in [0.15, 0.2) is 0 Å². The van der Waals surface area contributed by atoms with Gasteiger partial charge in [0.25, 0.3) is 0 Å². The summed E-state index contributed by atoms with van der Waals surface area (Å²) in [6.45, 7) is 1.06. The molecule has 0 aromatic carbocycles. The predicted molar refractivity (Wildman–Crippen MR) is 56.5 cm³/mol. The molecule has 0 amide bonds. The summed E-state index contributed by atoms with van der Waals surface area (Å²) in [5.41, 5.74) is -1.69. The molecular weight excluding hydrogens is 206 g/mol. The van der Waals surface area contributed by atoms with Gasteiger partial charge in [-0.25, -0.2) is 0 Å². The summed E-state index contributed by atoms with van der Waals surface area (Å²) < 4.78 is 5.25. The lowest BCUT2D eigenvalue weighted by Gasteiger charge is -2.46. The van der Waals surface area contributed by atoms with E-state index in [1.807, 2.05) is 0 Å². The van der Waals surface area contributed by atoms with E-state index >= 15 is 0 Å². The van der Waals surface area contributed by atoms with Gasteiger partial charge >= 0.3 is 0 Å². The SMILES string of the molecule is N#CC1(C2(O)CCC(=O)CC2)CCOCC1. The Morgan fingerprint density at radius 3 is 2.25 bits per heavy atom. The molecule has 4 nitrogen and oxygen atoms in total. The minimum atomic E-state index is -0.987. The van der Waals surface area contributed by atoms with E-state index in [1.165, 1.54) is 0 Å². The molecule has 2 fully saturated rings. The minimum absolute atomic E-state index is 0.199. The molecule has 0 aromatic rings. The second-order valence-electron chi connectivity index (χ2n) is 4.88. The van der Waals surface area contributed by atoms with Crippen molar-refractivity contribution in [2.75, 3.05) is 13.2 Å². The van der Waals surface area contributed by atoms with Crippen LogP contribution >= 0.6 is 0 Å². The number of hydrogen-bond donors (Lipinski definition) is 1. The summed E-state index contributed by atoms with van der Waals surface area (Å²) in [6, 6.07) is 2.30. The molecule has 16 heavy (non-hydrogen) atoms. The van der Waals surface area contributed by atoms with E-state index in [9.17, 15) is 15.2 Å². The van der Waals surface area contributed by atoms with Gasteiger partial charge in [0.1, 0.15) is 5.78 Å². The van der Waals surface area contributed by atoms with E-state index in [0.717, 1.165) is 0 Å². The third-order valence-corrected chi connectivity index (χ3v) is 4.09. The highest BCUT2D eigenvalue weighted by atomic mass is 16.5. The highest BCUT2D eigenvalue weighted by Gasteiger charge is 2.52. The monoisotopic (exact) mass is 223 g/mol. The maximum Gasteiger partial charge on any atom is 0.133 e. The van der Waals surface area contributed by atoms with Crippen molar-refractivity contribution < 1.29 is 14.6 Å². The predicted octanol–water partition coefficient (Wildman–Crippen LogP) is 1.18. The fourth-order valence-corrected chi connectivity index (χ4v) is 2.82. The molecule has 0 aromatic heterocycles. The fourth-order valence-electron chi connectivity index (χ4n) is 2.82. The Bertz CT molecular complexity index is 316. The van der Waals surface area contributed by atoms with Gasteiger partial charge in [-0.3, -0.25) is 4.79 Å². The molecule has 1 N–H and O–H groups in total. The Balaban J connectivity index is 2.19. The number of aliphatic hydroxyl groups is 1. The third kappa shape index (κ3) is 1.74. The van der Waals surface area contributed by atoms with Crippen molar-refractivity contribution in [3.8, 4) is 6.07 Å². The zero-order valence-electron chi connectivity index (χ0n) is 9.37. The number of ketones is 1. The molecule has 1 saturated carbocycles. The molecule has 0 radical (unpaired) electrons. The first kappa shape index (κ1) is 11.6. The van der Waals surface area contributed by atoms with Gasteiger partial charge in [-0.15, -0.1) is 0 Å². The topological polar surface area (TPSA) is 70.3 Å². The van der Waals surface area contributed by atoms with Crippen molar-refractivity contribution in [2.24, 2.45) is 5.41 Å². The molecule has 88 valence electrons. The van der Waals surface area contributed by atoms with Crippen LogP contribution < -0.4 is 0 Å². The van der Waals surface area contributed by atoms with Gasteiger partial charge in [-0.1, -0.05) is 0 Å². The van der Waals surface area contributed by atoms with E-state index in [2.05, 4.69) is 6.07 Å². The Hall–Kier alpha value is -0.920. The molecule has 2 rings (SSSR count). The quantitative estimate of drug-likeness (QED) is 0.724. The molecule has 4 heteroatoms. The van der Waals surface area contributed by atoms with E-state index in [0.29, 0.717) is 51.7 Å². The van der Waals surface area contributed by atoms with Crippen molar-refractivity contribution in [3.63, 3.8) is 0 Å². The van der Waals surface area contributed by atoms with E-state index < -0.39 is 11.0 Å². The second-order valence-corrected chi connectivity index (χ2v) is 4.88. The molecule has 2 aliphatic rings. The van der Waals surface area contributed by atoms with E-state index in [1.54, 1.807) is 0 Å². The molecule has 0 atom stereocenters. The summed E-state index contributed by atoms with van der Waals surface area (Å²) in [6.07, 6.45) is 2.82. The summed E-state index contributed by atoms with van der Waals surface area (Å²) in [7, 11) is 0. The largest absolute Gasteiger partial charge is 0.388 e. The maximum absolute atomic E-state index is 11.2. The number of carbonyl (C=O) groups excluding carboxylic acids is 1. The average molecular weight is 223 g/mol. The molecule has 0 bridgehead atoms. The maximum atomic E-state index is 11.2. The van der Waals surface area contributed by atoms with Crippen molar-refractivity contribution in [3.05, 3.63) is 0 Å². The smallest absolute Gasteiger partial charge is 0.133 e. The number of nitriles is 1. The summed E-state index contributed by atoms with van der Waals surface area (Å²) in [4.78, 5) is 11.2. The van der Waals surface area contributed by atoms with Crippen molar-refractivity contribution in [1.82, 2.24) is 0 Å². The van der Waals surface area contributed by atoms with Crippen molar-refractivity contribution in [2.45, 2.75) is 44.1 Å². The van der Waals surface area contributed by atoms with Crippen LogP contribution in [0.5, 0.6) is 0 Å². The van der Waals surface area contributed by atoms with Crippen LogP contribution in [0, 0.1) is 16.7 Å². The average Bonchev–Trinajstić information content (AvgIpc) is 2.34. The molecule has 1 aliphatic heterocycles. The number of Topliss-reactive ketones (excluding diaryl/α,β-unsaturated/α-hetero) is 1. The van der Waals surface area contributed by atoms with Gasteiger partial charge in [-0.2, -0.15) is 5.26 Å². The van der Waals surface area contributed by atoms with Gasteiger partial charge in [0.05, 0.1) is 17.1 Å². The molecule has 0 spiro atoms. The van der Waals surface area contributed by atoms with Crippen LogP contribution in [0.3, 0.4) is 0 Å². The van der Waals surface area contributed by atoms with Crippen LogP contribution in [0.25, 0.3) is 0 Å². The molecular formula is C12H17NO3. The first-order valence-corrected chi connectivity index (χ1v) is 5.85. The molecule has 1 heterocycles. The van der Waals surface area contributed by atoms with E-state index in [-0.39, 0.29) is 5.78 Å². The van der Waals surface area contributed by atoms with Crippen LogP contribution in [0.2, 0.25) is 0 Å². The number of rotatable bonds is 1. The molecule has 1 saturated heterocycles. The zero-order valence-corrected chi connectivity index (χ0v) is 9.37. The highest BCUT2D eigenvalue weighted by Crippen LogP contribution is 2.47. The van der Waals surface area contributed by atoms with Gasteiger partial charge < -0.3 is 9.84 Å². The first-order valence-electron chi connectivity index (χ1n) is 5.85. The Morgan fingerprint density at radius 1 is 1.19 bits per heavy atom. The van der Waals surface area contributed by atoms with Gasteiger partial charge in [0.15, 0.2) is 0 Å². The number of ether oxygens (including phenoxy) is 1. The highest BCUT2D eigenvalue weighted by molar-refractivity contribution is 5.79. The fraction of sp³-hybridized carbons (Fsp3) is 0.833. The number of nitrogens with zero attached hydrogens (tertiary/aromatic N) is 1. The van der Waals surface area contributed by atoms with Crippen LogP contribution in [0.4, 0.5) is 0 Å². The van der Waals surface area contributed by atoms with Gasteiger partial charge in [-0.05, 0) is 25.7 Å². The van der Waals surface area contributed by atoms with E-state index in [4.69, 9.17) is 4.74 Å². The van der Waals surface area contributed by atoms with Crippen molar-refractivity contribution >= 4 is 5.78 Å². The van der Waals surface area contributed by atoms with Crippen LogP contribution in [-0.2, 0) is 9.53 Å². The van der Waals surface area contributed by atoms with Crippen LogP contribution in [0.1, 0.15) is 38.5 Å². The summed E-state index contributed by atoms with van der Waals surface area (Å²) in [5, 5.41) is 20.0.